The molecule has 0 bridgehead atoms. The van der Waals surface area contributed by atoms with Gasteiger partial charge in [-0.2, -0.15) is 5.48 Å². The summed E-state index contributed by atoms with van der Waals surface area (Å²) in [5.74, 6) is 2.49. The number of unbranched alkanes of at least 4 members (excludes halogenated alkanes) is 1. The summed E-state index contributed by atoms with van der Waals surface area (Å²) in [5, 5.41) is 0. The van der Waals surface area contributed by atoms with E-state index >= 15 is 0 Å². The molecule has 0 radical (unpaired) electrons. The van der Waals surface area contributed by atoms with Crippen molar-refractivity contribution in [2.75, 3.05) is 13.2 Å². The van der Waals surface area contributed by atoms with E-state index in [0.717, 1.165) is 37.0 Å². The second kappa shape index (κ2) is 6.50. The van der Waals surface area contributed by atoms with Gasteiger partial charge in [0.15, 0.2) is 5.75 Å². The minimum Gasteiger partial charge on any atom is -0.493 e. The number of ether oxygens (including phenoxy) is 1. The molecule has 0 heterocycles. The van der Waals surface area contributed by atoms with Gasteiger partial charge in [-0.25, -0.2) is 0 Å². The average molecular weight is 235 g/mol. The molecule has 3 heteroatoms. The fraction of sp³-hybridized carbons (Fsp3) is 0.571. The number of benzene rings is 1. The third-order valence-corrected chi connectivity index (χ3v) is 2.81. The van der Waals surface area contributed by atoms with Crippen LogP contribution in [0.1, 0.15) is 32.6 Å². The largest absolute Gasteiger partial charge is 0.493 e. The molecule has 0 amide bonds. The van der Waals surface area contributed by atoms with Gasteiger partial charge in [0.05, 0.1) is 6.61 Å². The second-order valence-electron chi connectivity index (χ2n) is 4.58. The quantitative estimate of drug-likeness (QED) is 0.554. The molecular formula is C14H21NO2. The van der Waals surface area contributed by atoms with Crippen LogP contribution in [0.5, 0.6) is 11.5 Å². The lowest BCUT2D eigenvalue weighted by molar-refractivity contribution is 0.193. The fourth-order valence-corrected chi connectivity index (χ4v) is 1.51. The van der Waals surface area contributed by atoms with Gasteiger partial charge in [0.2, 0.25) is 0 Å². The second-order valence-corrected chi connectivity index (χ2v) is 4.58. The van der Waals surface area contributed by atoms with Gasteiger partial charge in [-0.05, 0) is 37.3 Å². The highest BCUT2D eigenvalue weighted by Gasteiger charge is 2.21. The van der Waals surface area contributed by atoms with Crippen molar-refractivity contribution >= 4 is 0 Å². The fourth-order valence-electron chi connectivity index (χ4n) is 1.51. The first-order valence-corrected chi connectivity index (χ1v) is 6.51. The Morgan fingerprint density at radius 2 is 2.12 bits per heavy atom. The van der Waals surface area contributed by atoms with Crippen molar-refractivity contribution in [2.45, 2.75) is 32.6 Å². The lowest BCUT2D eigenvalue weighted by atomic mass is 10.3. The summed E-state index contributed by atoms with van der Waals surface area (Å²) < 4.78 is 5.69. The van der Waals surface area contributed by atoms with Crippen molar-refractivity contribution in [3.05, 3.63) is 24.3 Å². The van der Waals surface area contributed by atoms with Crippen LogP contribution in [-0.4, -0.2) is 13.2 Å². The molecule has 1 aromatic carbocycles. The molecule has 1 saturated carbocycles. The maximum Gasteiger partial charge on any atom is 0.150 e. The summed E-state index contributed by atoms with van der Waals surface area (Å²) in [6, 6.07) is 7.80. The van der Waals surface area contributed by atoms with Crippen LogP contribution in [0.15, 0.2) is 24.3 Å². The first kappa shape index (κ1) is 12.2. The highest BCUT2D eigenvalue weighted by molar-refractivity contribution is 5.32. The first-order chi connectivity index (χ1) is 8.38. The van der Waals surface area contributed by atoms with Gasteiger partial charge in [0.1, 0.15) is 5.75 Å². The smallest absolute Gasteiger partial charge is 0.150 e. The molecule has 0 aromatic heterocycles. The molecule has 1 N–H and O–H groups in total. The molecule has 17 heavy (non-hydrogen) atoms. The highest BCUT2D eigenvalue weighted by Crippen LogP contribution is 2.30. The number of hydroxylamine groups is 1. The molecule has 1 fully saturated rings. The van der Waals surface area contributed by atoms with Crippen LogP contribution in [0.3, 0.4) is 0 Å². The summed E-state index contributed by atoms with van der Waals surface area (Å²) in [5.41, 5.74) is 2.95. The lowest BCUT2D eigenvalue weighted by Gasteiger charge is -2.09. The Kier molecular flexibility index (Phi) is 4.68. The molecule has 1 aliphatic rings. The van der Waals surface area contributed by atoms with Crippen LogP contribution in [0, 0.1) is 5.92 Å². The maximum atomic E-state index is 5.69. The Labute approximate surface area is 103 Å². The normalized spacial score (nSPS) is 14.6. The summed E-state index contributed by atoms with van der Waals surface area (Å²) in [6.45, 7) is 3.88. The third-order valence-electron chi connectivity index (χ3n) is 2.81. The van der Waals surface area contributed by atoms with Crippen LogP contribution in [0.4, 0.5) is 0 Å². The molecule has 94 valence electrons. The van der Waals surface area contributed by atoms with Crippen LogP contribution in [0.25, 0.3) is 0 Å². The van der Waals surface area contributed by atoms with Gasteiger partial charge in [-0.1, -0.05) is 19.4 Å². The zero-order valence-electron chi connectivity index (χ0n) is 10.4. The molecule has 1 aliphatic carbocycles. The lowest BCUT2D eigenvalue weighted by Crippen LogP contribution is -2.19. The van der Waals surface area contributed by atoms with E-state index < -0.39 is 0 Å². The Morgan fingerprint density at radius 3 is 2.88 bits per heavy atom. The van der Waals surface area contributed by atoms with E-state index in [9.17, 15) is 0 Å². The molecule has 0 saturated heterocycles. The summed E-state index contributed by atoms with van der Waals surface area (Å²) in [4.78, 5) is 5.44. The summed E-state index contributed by atoms with van der Waals surface area (Å²) >= 11 is 0. The Hall–Kier alpha value is -1.22. The van der Waals surface area contributed by atoms with E-state index in [-0.39, 0.29) is 0 Å². The van der Waals surface area contributed by atoms with Crippen LogP contribution >= 0.6 is 0 Å². The van der Waals surface area contributed by atoms with Crippen molar-refractivity contribution in [3.8, 4) is 11.5 Å². The number of hydrogen-bond acceptors (Lipinski definition) is 3. The van der Waals surface area contributed by atoms with Crippen LogP contribution in [-0.2, 0) is 0 Å². The van der Waals surface area contributed by atoms with E-state index in [2.05, 4.69) is 12.4 Å². The standard InChI is InChI=1S/C14H21NO2/c1-2-3-9-15-17-14-6-4-5-13(10-14)16-11-12-7-8-12/h4-6,10,12,15H,2-3,7-9,11H2,1H3. The molecule has 3 nitrogen and oxygen atoms in total. The zero-order chi connectivity index (χ0) is 11.9. The third kappa shape index (κ3) is 4.65. The van der Waals surface area contributed by atoms with Gasteiger partial charge < -0.3 is 9.57 Å². The maximum absolute atomic E-state index is 5.69. The van der Waals surface area contributed by atoms with Crippen LogP contribution in [0.2, 0.25) is 0 Å². The van der Waals surface area contributed by atoms with E-state index in [1.165, 1.54) is 19.3 Å². The number of rotatable bonds is 8. The van der Waals surface area contributed by atoms with Crippen LogP contribution < -0.4 is 15.1 Å². The SMILES string of the molecule is CCCCNOc1cccc(OCC2CC2)c1. The molecule has 2 rings (SSSR count). The number of nitrogens with one attached hydrogen (secondary N) is 1. The Balaban J connectivity index is 1.74. The zero-order valence-corrected chi connectivity index (χ0v) is 10.4. The average Bonchev–Trinajstić information content (AvgIpc) is 3.17. The van der Waals surface area contributed by atoms with Gasteiger partial charge in [-0.15, -0.1) is 0 Å². The minimum atomic E-state index is 0.780. The van der Waals surface area contributed by atoms with E-state index in [4.69, 9.17) is 9.57 Å². The summed E-state index contributed by atoms with van der Waals surface area (Å²) in [7, 11) is 0. The molecule has 0 aliphatic heterocycles. The van der Waals surface area contributed by atoms with Crippen molar-refractivity contribution in [3.63, 3.8) is 0 Å². The first-order valence-electron chi connectivity index (χ1n) is 6.51. The van der Waals surface area contributed by atoms with Crippen molar-refractivity contribution in [2.24, 2.45) is 5.92 Å². The predicted molar refractivity (Wildman–Crippen MR) is 68.2 cm³/mol. The van der Waals surface area contributed by atoms with Gasteiger partial charge in [0.25, 0.3) is 0 Å². The monoisotopic (exact) mass is 235 g/mol. The van der Waals surface area contributed by atoms with Gasteiger partial charge >= 0.3 is 0 Å². The predicted octanol–water partition coefficient (Wildman–Crippen LogP) is 3.16. The highest BCUT2D eigenvalue weighted by atomic mass is 16.6. The van der Waals surface area contributed by atoms with Gasteiger partial charge in [0, 0.05) is 12.6 Å². The van der Waals surface area contributed by atoms with E-state index in [0.29, 0.717) is 0 Å². The Bertz CT molecular complexity index is 337. The van der Waals surface area contributed by atoms with Crippen molar-refractivity contribution in [1.82, 2.24) is 5.48 Å². The van der Waals surface area contributed by atoms with E-state index in [1.54, 1.807) is 0 Å². The van der Waals surface area contributed by atoms with Crippen molar-refractivity contribution in [1.29, 1.82) is 0 Å². The van der Waals surface area contributed by atoms with Crippen molar-refractivity contribution < 1.29 is 9.57 Å². The van der Waals surface area contributed by atoms with E-state index in [1.807, 2.05) is 24.3 Å². The minimum absolute atomic E-state index is 0.780. The van der Waals surface area contributed by atoms with Gasteiger partial charge in [-0.3, -0.25) is 0 Å². The molecule has 1 aromatic rings. The molecule has 0 unspecified atom stereocenters. The summed E-state index contributed by atoms with van der Waals surface area (Å²) in [6.07, 6.45) is 4.92. The molecule has 0 atom stereocenters. The number of hydrogen-bond donors (Lipinski definition) is 1. The molecular weight excluding hydrogens is 214 g/mol. The molecule has 0 spiro atoms. The topological polar surface area (TPSA) is 30.5 Å². The Morgan fingerprint density at radius 1 is 1.29 bits per heavy atom.